The second kappa shape index (κ2) is 6.78. The predicted octanol–water partition coefficient (Wildman–Crippen LogP) is 2.59. The van der Waals surface area contributed by atoms with E-state index in [1.807, 2.05) is 0 Å². The summed E-state index contributed by atoms with van der Waals surface area (Å²) in [5.74, 6) is -1.71. The molecule has 3 rings (SSSR count). The topological polar surface area (TPSA) is 96.9 Å². The average molecular weight is 431 g/mol. The van der Waals surface area contributed by atoms with Crippen LogP contribution < -0.4 is 11.1 Å². The second-order valence-electron chi connectivity index (χ2n) is 5.79. The molecule has 2 aliphatic heterocycles. The first-order valence-electron chi connectivity index (χ1n) is 7.34. The Labute approximate surface area is 156 Å². The molecule has 132 valence electrons. The number of benzene rings is 1. The number of nitrogens with one attached hydrogen (secondary N) is 1. The summed E-state index contributed by atoms with van der Waals surface area (Å²) in [4.78, 5) is 16.8. The Bertz CT molecular complexity index is 827. The smallest absolute Gasteiger partial charge is 0.353 e. The summed E-state index contributed by atoms with van der Waals surface area (Å²) in [7, 11) is 0. The number of rotatable bonds is 4. The van der Waals surface area contributed by atoms with E-state index in [4.69, 9.17) is 22.2 Å². The third kappa shape index (κ3) is 3.56. The Balaban J connectivity index is 2.00. The van der Waals surface area contributed by atoms with E-state index < -0.39 is 23.4 Å². The van der Waals surface area contributed by atoms with Crippen LogP contribution in [-0.2, 0) is 16.1 Å². The number of oxime groups is 1. The number of dihydropyridines is 1. The predicted molar refractivity (Wildman–Crippen MR) is 94.6 cm³/mol. The monoisotopic (exact) mass is 429 g/mol. The maximum atomic E-state index is 14.0. The minimum absolute atomic E-state index is 0.00475. The molecule has 0 amide bonds. The van der Waals surface area contributed by atoms with E-state index >= 15 is 0 Å². The van der Waals surface area contributed by atoms with Gasteiger partial charge in [0.2, 0.25) is 0 Å². The molecule has 9 heteroatoms. The fourth-order valence-corrected chi connectivity index (χ4v) is 3.36. The van der Waals surface area contributed by atoms with E-state index in [1.54, 1.807) is 24.3 Å². The molecule has 0 spiro atoms. The van der Waals surface area contributed by atoms with E-state index in [0.29, 0.717) is 22.3 Å². The highest BCUT2D eigenvalue weighted by Crippen LogP contribution is 2.34. The zero-order chi connectivity index (χ0) is 18.2. The first-order valence-corrected chi connectivity index (χ1v) is 8.51. The molecule has 0 fully saturated rings. The largest absolute Gasteiger partial charge is 0.477 e. The Hall–Kier alpha value is -1.90. The van der Waals surface area contributed by atoms with Crippen molar-refractivity contribution in [2.45, 2.75) is 24.5 Å². The van der Waals surface area contributed by atoms with Crippen LogP contribution >= 0.6 is 27.5 Å². The van der Waals surface area contributed by atoms with E-state index in [0.717, 1.165) is 0 Å². The van der Waals surface area contributed by atoms with Gasteiger partial charge in [-0.3, -0.25) is 0 Å². The molecular formula is C16H14BrClFN3O3. The Morgan fingerprint density at radius 1 is 1.56 bits per heavy atom. The van der Waals surface area contributed by atoms with Gasteiger partial charge >= 0.3 is 5.97 Å². The number of carbonyl (C=O) groups is 1. The molecule has 2 atom stereocenters. The van der Waals surface area contributed by atoms with Crippen LogP contribution in [0.15, 0.2) is 51.9 Å². The van der Waals surface area contributed by atoms with Gasteiger partial charge in [-0.05, 0) is 33.6 Å². The number of nitrogens with two attached hydrogens (primary N) is 1. The summed E-state index contributed by atoms with van der Waals surface area (Å²) in [6, 6.07) is 6.13. The zero-order valence-corrected chi connectivity index (χ0v) is 15.1. The van der Waals surface area contributed by atoms with E-state index in [1.165, 1.54) is 6.07 Å². The lowest BCUT2D eigenvalue weighted by atomic mass is 9.86. The van der Waals surface area contributed by atoms with E-state index in [-0.39, 0.29) is 17.2 Å². The fourth-order valence-electron chi connectivity index (χ4n) is 2.73. The van der Waals surface area contributed by atoms with Crippen LogP contribution in [-0.4, -0.2) is 27.3 Å². The van der Waals surface area contributed by atoms with Crippen molar-refractivity contribution in [2.24, 2.45) is 10.9 Å². The highest BCUT2D eigenvalue weighted by Gasteiger charge is 2.39. The molecule has 0 bridgehead atoms. The number of carboxylic acids is 1. The molecule has 4 N–H and O–H groups in total. The maximum absolute atomic E-state index is 14.0. The first-order chi connectivity index (χ1) is 11.8. The van der Waals surface area contributed by atoms with Crippen LogP contribution in [0.5, 0.6) is 0 Å². The van der Waals surface area contributed by atoms with Gasteiger partial charge in [0.15, 0.2) is 6.10 Å². The average Bonchev–Trinajstić information content (AvgIpc) is 2.98. The quantitative estimate of drug-likeness (QED) is 0.682. The molecule has 0 saturated heterocycles. The lowest BCUT2D eigenvalue weighted by Gasteiger charge is -2.34. The molecule has 2 heterocycles. The lowest BCUT2D eigenvalue weighted by molar-refractivity contribution is -0.133. The molecule has 6 nitrogen and oxygen atoms in total. The first kappa shape index (κ1) is 17.9. The minimum atomic E-state index is -1.39. The molecule has 0 saturated carbocycles. The number of carboxylic acid groups (broad SMARTS) is 1. The SMILES string of the molecule is NC1(Cc2ccccc2F)C=C(C2CC(Br)=NO2)NC(C(=O)O)=C1Cl. The van der Waals surface area contributed by atoms with Gasteiger partial charge in [0.25, 0.3) is 0 Å². The summed E-state index contributed by atoms with van der Waals surface area (Å²) in [5.41, 5.74) is 5.48. The van der Waals surface area contributed by atoms with Crippen LogP contribution in [0.25, 0.3) is 0 Å². The van der Waals surface area contributed by atoms with Gasteiger partial charge in [-0.2, -0.15) is 0 Å². The van der Waals surface area contributed by atoms with Crippen molar-refractivity contribution in [1.29, 1.82) is 0 Å². The van der Waals surface area contributed by atoms with Gasteiger partial charge in [0.05, 0.1) is 16.3 Å². The standard InChI is InChI=1S/C16H14BrClFN3O3/c17-12-5-11(25-22-12)10-7-16(20,14(18)13(21-10)15(23)24)6-8-3-1-2-4-9(8)19/h1-4,7,11,21H,5-6,20H2,(H,23,24). The van der Waals surface area contributed by atoms with Gasteiger partial charge < -0.3 is 21.0 Å². The highest BCUT2D eigenvalue weighted by atomic mass is 79.9. The third-order valence-electron chi connectivity index (χ3n) is 3.94. The van der Waals surface area contributed by atoms with Crippen molar-refractivity contribution in [3.05, 3.63) is 58.1 Å². The summed E-state index contributed by atoms with van der Waals surface area (Å²) in [5, 5.41) is 15.8. The molecule has 0 aliphatic carbocycles. The van der Waals surface area contributed by atoms with E-state index in [2.05, 4.69) is 26.4 Å². The molecule has 0 aromatic heterocycles. The minimum Gasteiger partial charge on any atom is -0.477 e. The summed E-state index contributed by atoms with van der Waals surface area (Å²) in [6.07, 6.45) is 1.45. The molecule has 25 heavy (non-hydrogen) atoms. The summed E-state index contributed by atoms with van der Waals surface area (Å²) in [6.45, 7) is 0. The third-order valence-corrected chi connectivity index (χ3v) is 4.95. The number of halogens is 3. The molecule has 2 aliphatic rings. The van der Waals surface area contributed by atoms with Gasteiger partial charge in [0.1, 0.15) is 16.1 Å². The van der Waals surface area contributed by atoms with Crippen LogP contribution in [0, 0.1) is 5.82 Å². The van der Waals surface area contributed by atoms with Gasteiger partial charge in [-0.1, -0.05) is 35.0 Å². The van der Waals surface area contributed by atoms with Crippen molar-refractivity contribution in [1.82, 2.24) is 5.32 Å². The maximum Gasteiger partial charge on any atom is 0.353 e. The normalized spacial score (nSPS) is 25.8. The van der Waals surface area contributed by atoms with Gasteiger partial charge in [0, 0.05) is 12.8 Å². The second-order valence-corrected chi connectivity index (χ2v) is 7.09. The Kier molecular flexibility index (Phi) is 4.86. The number of hydrogen-bond donors (Lipinski definition) is 3. The number of aliphatic carboxylic acids is 1. The molecule has 0 radical (unpaired) electrons. The summed E-state index contributed by atoms with van der Waals surface area (Å²) >= 11 is 9.48. The van der Waals surface area contributed by atoms with Crippen molar-refractivity contribution in [2.75, 3.05) is 0 Å². The molecule has 2 unspecified atom stereocenters. The van der Waals surface area contributed by atoms with Crippen LogP contribution in [0.1, 0.15) is 12.0 Å². The summed E-state index contributed by atoms with van der Waals surface area (Å²) < 4.78 is 14.6. The van der Waals surface area contributed by atoms with Gasteiger partial charge in [-0.15, -0.1) is 0 Å². The zero-order valence-electron chi connectivity index (χ0n) is 12.8. The number of nitrogens with zero attached hydrogens (tertiary/aromatic N) is 1. The molecule has 1 aromatic carbocycles. The van der Waals surface area contributed by atoms with E-state index in [9.17, 15) is 14.3 Å². The number of hydrogen-bond acceptors (Lipinski definition) is 5. The van der Waals surface area contributed by atoms with Gasteiger partial charge in [-0.25, -0.2) is 9.18 Å². The van der Waals surface area contributed by atoms with Crippen LogP contribution in [0.3, 0.4) is 0 Å². The van der Waals surface area contributed by atoms with Crippen LogP contribution in [0.4, 0.5) is 4.39 Å². The van der Waals surface area contributed by atoms with Crippen LogP contribution in [0.2, 0.25) is 0 Å². The van der Waals surface area contributed by atoms with Crippen molar-refractivity contribution in [3.8, 4) is 0 Å². The lowest BCUT2D eigenvalue weighted by Crippen LogP contribution is -2.48. The Morgan fingerprint density at radius 3 is 2.88 bits per heavy atom. The van der Waals surface area contributed by atoms with Crippen molar-refractivity contribution in [3.63, 3.8) is 0 Å². The van der Waals surface area contributed by atoms with Crippen molar-refractivity contribution < 1.29 is 19.1 Å². The Morgan fingerprint density at radius 2 is 2.28 bits per heavy atom. The highest BCUT2D eigenvalue weighted by molar-refractivity contribution is 9.18. The van der Waals surface area contributed by atoms with Crippen molar-refractivity contribution >= 4 is 38.1 Å². The molecule has 1 aromatic rings. The molecular weight excluding hydrogens is 417 g/mol. The fraction of sp³-hybridized carbons (Fsp3) is 0.250.